The Hall–Kier alpha value is -3.74. The van der Waals surface area contributed by atoms with Gasteiger partial charge in [0.15, 0.2) is 0 Å². The summed E-state index contributed by atoms with van der Waals surface area (Å²) in [6, 6.07) is 11.8. The monoisotopic (exact) mass is 401 g/mol. The van der Waals surface area contributed by atoms with Crippen molar-refractivity contribution in [2.45, 2.75) is 26.8 Å². The lowest BCUT2D eigenvalue weighted by Gasteiger charge is -2.12. The summed E-state index contributed by atoms with van der Waals surface area (Å²) in [5.74, 6) is 2.18. The lowest BCUT2D eigenvalue weighted by molar-refractivity contribution is 0.383. The number of anilines is 1. The molecule has 0 spiro atoms. The van der Waals surface area contributed by atoms with E-state index in [0.29, 0.717) is 12.5 Å². The van der Waals surface area contributed by atoms with Crippen LogP contribution in [0.3, 0.4) is 0 Å². The Balaban J connectivity index is 1.70. The van der Waals surface area contributed by atoms with Crippen molar-refractivity contribution >= 4 is 5.95 Å². The molecule has 152 valence electrons. The fourth-order valence-electron chi connectivity index (χ4n) is 3.29. The van der Waals surface area contributed by atoms with Gasteiger partial charge in [0.25, 0.3) is 0 Å². The van der Waals surface area contributed by atoms with E-state index in [1.807, 2.05) is 56.4 Å². The molecular weight excluding hydrogens is 378 g/mol. The van der Waals surface area contributed by atoms with E-state index in [9.17, 15) is 0 Å². The second-order valence-corrected chi connectivity index (χ2v) is 6.81. The molecule has 0 atom stereocenters. The van der Waals surface area contributed by atoms with E-state index in [4.69, 9.17) is 14.2 Å². The minimum atomic E-state index is 0.543. The van der Waals surface area contributed by atoms with Crippen molar-refractivity contribution in [3.63, 3.8) is 0 Å². The maximum Gasteiger partial charge on any atom is 0.223 e. The number of ether oxygens (including phenoxy) is 1. The van der Waals surface area contributed by atoms with Crippen LogP contribution in [0.15, 0.2) is 59.5 Å². The minimum Gasteiger partial charge on any atom is -0.497 e. The summed E-state index contributed by atoms with van der Waals surface area (Å²) in [5.41, 5.74) is 5.53. The number of hydrogen-bond acceptors (Lipinski definition) is 7. The molecule has 1 aromatic carbocycles. The summed E-state index contributed by atoms with van der Waals surface area (Å²) >= 11 is 0. The molecule has 0 aliphatic carbocycles. The number of pyridine rings is 1. The summed E-state index contributed by atoms with van der Waals surface area (Å²) in [5, 5.41) is 7.47. The molecule has 4 rings (SSSR count). The molecule has 0 bridgehead atoms. The number of nitrogens with zero attached hydrogens (tertiary/aromatic N) is 4. The van der Waals surface area contributed by atoms with Gasteiger partial charge in [0.05, 0.1) is 24.1 Å². The smallest absolute Gasteiger partial charge is 0.223 e. The van der Waals surface area contributed by atoms with Gasteiger partial charge in [-0.05, 0) is 42.3 Å². The lowest BCUT2D eigenvalue weighted by atomic mass is 10.00. The van der Waals surface area contributed by atoms with Crippen molar-refractivity contribution in [3.05, 3.63) is 72.0 Å². The number of rotatable bonds is 7. The SMILES string of the molecule is CCc1onc(C)c1-c1nc(NCc2ccc(OC)cc2)ncc1-c1ccncc1. The predicted octanol–water partition coefficient (Wildman–Crippen LogP) is 4.69. The van der Waals surface area contributed by atoms with Gasteiger partial charge in [-0.3, -0.25) is 4.98 Å². The van der Waals surface area contributed by atoms with Crippen molar-refractivity contribution in [2.24, 2.45) is 0 Å². The molecule has 0 radical (unpaired) electrons. The number of aromatic nitrogens is 4. The van der Waals surface area contributed by atoms with Gasteiger partial charge in [-0.25, -0.2) is 9.97 Å². The number of hydrogen-bond donors (Lipinski definition) is 1. The van der Waals surface area contributed by atoms with Crippen molar-refractivity contribution in [2.75, 3.05) is 12.4 Å². The van der Waals surface area contributed by atoms with Crippen LogP contribution >= 0.6 is 0 Å². The van der Waals surface area contributed by atoms with Gasteiger partial charge < -0.3 is 14.6 Å². The van der Waals surface area contributed by atoms with Gasteiger partial charge in [0.1, 0.15) is 11.5 Å². The van der Waals surface area contributed by atoms with E-state index in [1.165, 1.54) is 0 Å². The Kier molecular flexibility index (Phi) is 5.70. The van der Waals surface area contributed by atoms with Crippen LogP contribution in [-0.2, 0) is 13.0 Å². The fraction of sp³-hybridized carbons (Fsp3) is 0.217. The Morgan fingerprint density at radius 3 is 2.53 bits per heavy atom. The first-order chi connectivity index (χ1) is 14.7. The fourth-order valence-corrected chi connectivity index (χ4v) is 3.29. The van der Waals surface area contributed by atoms with Crippen LogP contribution < -0.4 is 10.1 Å². The summed E-state index contributed by atoms with van der Waals surface area (Å²) < 4.78 is 10.7. The van der Waals surface area contributed by atoms with E-state index in [-0.39, 0.29) is 0 Å². The first kappa shape index (κ1) is 19.6. The van der Waals surface area contributed by atoms with Crippen LogP contribution in [0.25, 0.3) is 22.4 Å². The highest BCUT2D eigenvalue weighted by molar-refractivity contribution is 5.82. The van der Waals surface area contributed by atoms with Gasteiger partial charge in [-0.15, -0.1) is 0 Å². The molecule has 0 fully saturated rings. The lowest BCUT2D eigenvalue weighted by Crippen LogP contribution is -2.05. The van der Waals surface area contributed by atoms with Gasteiger partial charge in [-0.2, -0.15) is 0 Å². The summed E-state index contributed by atoms with van der Waals surface area (Å²) in [6.45, 7) is 4.57. The second kappa shape index (κ2) is 8.73. The van der Waals surface area contributed by atoms with Crippen LogP contribution in [0.1, 0.15) is 23.9 Å². The molecule has 0 unspecified atom stereocenters. The van der Waals surface area contributed by atoms with Gasteiger partial charge >= 0.3 is 0 Å². The predicted molar refractivity (Wildman–Crippen MR) is 115 cm³/mol. The molecule has 0 amide bonds. The van der Waals surface area contributed by atoms with Crippen molar-refractivity contribution < 1.29 is 9.26 Å². The van der Waals surface area contributed by atoms with Crippen LogP contribution in [0.5, 0.6) is 5.75 Å². The molecule has 30 heavy (non-hydrogen) atoms. The van der Waals surface area contributed by atoms with Crippen LogP contribution in [0.4, 0.5) is 5.95 Å². The third kappa shape index (κ3) is 4.00. The zero-order valence-electron chi connectivity index (χ0n) is 17.2. The van der Waals surface area contributed by atoms with Crippen molar-refractivity contribution in [1.82, 2.24) is 20.1 Å². The minimum absolute atomic E-state index is 0.543. The van der Waals surface area contributed by atoms with Crippen LogP contribution in [0.2, 0.25) is 0 Å². The number of aryl methyl sites for hydroxylation is 2. The van der Waals surface area contributed by atoms with Crippen molar-refractivity contribution in [1.29, 1.82) is 0 Å². The standard InChI is InChI=1S/C23H23N5O2/c1-4-20-21(15(2)28-30-20)22-19(17-9-11-24-12-10-17)14-26-23(27-22)25-13-16-5-7-18(29-3)8-6-16/h5-12,14H,4,13H2,1-3H3,(H,25,26,27). The highest BCUT2D eigenvalue weighted by atomic mass is 16.5. The van der Waals surface area contributed by atoms with E-state index in [0.717, 1.165) is 51.6 Å². The largest absolute Gasteiger partial charge is 0.497 e. The molecule has 3 heterocycles. The summed E-state index contributed by atoms with van der Waals surface area (Å²) in [6.07, 6.45) is 6.08. The Morgan fingerprint density at radius 2 is 1.83 bits per heavy atom. The Bertz CT molecular complexity index is 1120. The van der Waals surface area contributed by atoms with E-state index in [2.05, 4.69) is 20.4 Å². The van der Waals surface area contributed by atoms with Crippen LogP contribution in [0, 0.1) is 6.92 Å². The third-order valence-corrected chi connectivity index (χ3v) is 4.88. The average Bonchev–Trinajstić information content (AvgIpc) is 3.18. The quantitative estimate of drug-likeness (QED) is 0.481. The number of methoxy groups -OCH3 is 1. The van der Waals surface area contributed by atoms with Gasteiger partial charge in [-0.1, -0.05) is 24.2 Å². The summed E-state index contributed by atoms with van der Waals surface area (Å²) in [7, 11) is 1.66. The molecule has 0 saturated heterocycles. The summed E-state index contributed by atoms with van der Waals surface area (Å²) in [4.78, 5) is 13.5. The Labute approximate surface area is 175 Å². The van der Waals surface area contributed by atoms with Gasteiger partial charge in [0, 0.05) is 37.1 Å². The molecule has 0 aliphatic rings. The van der Waals surface area contributed by atoms with E-state index < -0.39 is 0 Å². The number of benzene rings is 1. The third-order valence-electron chi connectivity index (χ3n) is 4.88. The normalized spacial score (nSPS) is 10.8. The first-order valence-electron chi connectivity index (χ1n) is 9.79. The molecule has 3 aromatic heterocycles. The zero-order valence-corrected chi connectivity index (χ0v) is 17.2. The highest BCUT2D eigenvalue weighted by Crippen LogP contribution is 2.35. The van der Waals surface area contributed by atoms with Crippen LogP contribution in [-0.4, -0.2) is 27.2 Å². The molecule has 1 N–H and O–H groups in total. The molecule has 0 aliphatic heterocycles. The molecule has 7 heteroatoms. The maximum atomic E-state index is 5.53. The number of nitrogens with one attached hydrogen (secondary N) is 1. The van der Waals surface area contributed by atoms with Crippen molar-refractivity contribution in [3.8, 4) is 28.1 Å². The zero-order chi connectivity index (χ0) is 20.9. The highest BCUT2D eigenvalue weighted by Gasteiger charge is 2.20. The molecule has 0 saturated carbocycles. The van der Waals surface area contributed by atoms with Gasteiger partial charge in [0.2, 0.25) is 5.95 Å². The maximum absolute atomic E-state index is 5.53. The molecule has 4 aromatic rings. The topological polar surface area (TPSA) is 86.0 Å². The average molecular weight is 401 g/mol. The Morgan fingerprint density at radius 1 is 1.07 bits per heavy atom. The van der Waals surface area contributed by atoms with E-state index in [1.54, 1.807) is 19.5 Å². The van der Waals surface area contributed by atoms with E-state index >= 15 is 0 Å². The molecule has 7 nitrogen and oxygen atoms in total. The first-order valence-corrected chi connectivity index (χ1v) is 9.79. The second-order valence-electron chi connectivity index (χ2n) is 6.81. The molecular formula is C23H23N5O2.